The number of amides is 1. The number of carbonyl (C=O) groups is 1. The number of aryl methyl sites for hydroxylation is 1. The molecule has 2 aromatic rings. The van der Waals surface area contributed by atoms with E-state index in [9.17, 15) is 4.79 Å². The summed E-state index contributed by atoms with van der Waals surface area (Å²) in [6.07, 6.45) is 2.50. The minimum Gasteiger partial charge on any atom is -0.497 e. The largest absolute Gasteiger partial charge is 0.497 e. The number of rotatable bonds is 6. The fourth-order valence-corrected chi connectivity index (χ4v) is 3.87. The topological polar surface area (TPSA) is 69.5 Å². The van der Waals surface area contributed by atoms with E-state index in [1.165, 1.54) is 0 Å². The second-order valence-corrected chi connectivity index (χ2v) is 7.76. The van der Waals surface area contributed by atoms with E-state index in [1.807, 2.05) is 40.8 Å². The van der Waals surface area contributed by atoms with Crippen LogP contribution in [0.25, 0.3) is 0 Å². The Balaban J connectivity index is 1.79. The van der Waals surface area contributed by atoms with Crippen LogP contribution in [0, 0.1) is 0 Å². The zero-order valence-corrected chi connectivity index (χ0v) is 17.0. The number of benzene rings is 1. The molecule has 2 aliphatic rings. The lowest BCUT2D eigenvalue weighted by molar-refractivity contribution is -0.160. The second-order valence-electron chi connectivity index (χ2n) is 7.76. The summed E-state index contributed by atoms with van der Waals surface area (Å²) in [4.78, 5) is 19.6. The van der Waals surface area contributed by atoms with Crippen LogP contribution in [-0.2, 0) is 16.0 Å². The van der Waals surface area contributed by atoms with Crippen molar-refractivity contribution in [1.82, 2.24) is 19.7 Å². The third-order valence-electron chi connectivity index (χ3n) is 5.42. The molecular weight excluding hydrogens is 356 g/mol. The van der Waals surface area contributed by atoms with E-state index < -0.39 is 0 Å². The lowest BCUT2D eigenvalue weighted by atomic mass is 9.96. The van der Waals surface area contributed by atoms with Crippen LogP contribution in [-0.4, -0.2) is 45.3 Å². The molecule has 28 heavy (non-hydrogen) atoms. The Morgan fingerprint density at radius 1 is 1.25 bits per heavy atom. The van der Waals surface area contributed by atoms with Crippen molar-refractivity contribution in [3.8, 4) is 5.75 Å². The average Bonchev–Trinajstić information content (AvgIpc) is 3.45. The Morgan fingerprint density at radius 3 is 2.54 bits per heavy atom. The SMILES string of the molecule is CCc1nc([C@H]2OCC(=O)N(C3CC3)[C@@H]2c2ccc(OC)cc2)n(C(C)C)n1. The Hall–Kier alpha value is -2.41. The molecule has 1 saturated carbocycles. The number of aromatic nitrogens is 3. The van der Waals surface area contributed by atoms with Crippen molar-refractivity contribution in [3.63, 3.8) is 0 Å². The zero-order valence-electron chi connectivity index (χ0n) is 17.0. The maximum atomic E-state index is 12.8. The third kappa shape index (κ3) is 3.39. The molecule has 0 radical (unpaired) electrons. The summed E-state index contributed by atoms with van der Waals surface area (Å²) >= 11 is 0. The van der Waals surface area contributed by atoms with Crippen LogP contribution in [0.1, 0.15) is 69.0 Å². The van der Waals surface area contributed by atoms with Crippen molar-refractivity contribution in [1.29, 1.82) is 0 Å². The molecule has 1 aromatic heterocycles. The van der Waals surface area contributed by atoms with E-state index >= 15 is 0 Å². The highest BCUT2D eigenvalue weighted by Gasteiger charge is 2.47. The highest BCUT2D eigenvalue weighted by Crippen LogP contribution is 2.45. The maximum absolute atomic E-state index is 12.8. The van der Waals surface area contributed by atoms with Crippen molar-refractivity contribution in [2.75, 3.05) is 13.7 Å². The van der Waals surface area contributed by atoms with Gasteiger partial charge in [-0.2, -0.15) is 5.10 Å². The van der Waals surface area contributed by atoms with Gasteiger partial charge in [-0.3, -0.25) is 4.79 Å². The summed E-state index contributed by atoms with van der Waals surface area (Å²) in [6.45, 7) is 6.31. The Morgan fingerprint density at radius 2 is 1.96 bits per heavy atom. The molecule has 1 aliphatic carbocycles. The molecule has 7 nitrogen and oxygen atoms in total. The van der Waals surface area contributed by atoms with Gasteiger partial charge in [-0.1, -0.05) is 19.1 Å². The van der Waals surface area contributed by atoms with E-state index in [-0.39, 0.29) is 36.7 Å². The molecule has 2 fully saturated rings. The van der Waals surface area contributed by atoms with Crippen LogP contribution in [0.2, 0.25) is 0 Å². The molecule has 1 aromatic carbocycles. The molecule has 1 saturated heterocycles. The fourth-order valence-electron chi connectivity index (χ4n) is 3.87. The minimum atomic E-state index is -0.345. The van der Waals surface area contributed by atoms with Crippen LogP contribution < -0.4 is 4.74 Å². The number of nitrogens with zero attached hydrogens (tertiary/aromatic N) is 4. The summed E-state index contributed by atoms with van der Waals surface area (Å²) in [5.74, 6) is 2.44. The molecular formula is C21H28N4O3. The van der Waals surface area contributed by atoms with E-state index in [2.05, 4.69) is 18.9 Å². The normalized spacial score (nSPS) is 22.8. The average molecular weight is 384 g/mol. The lowest BCUT2D eigenvalue weighted by Gasteiger charge is -2.41. The molecule has 2 heterocycles. The molecule has 1 aliphatic heterocycles. The van der Waals surface area contributed by atoms with Gasteiger partial charge in [0.1, 0.15) is 18.5 Å². The predicted molar refractivity (Wildman–Crippen MR) is 104 cm³/mol. The second kappa shape index (κ2) is 7.54. The van der Waals surface area contributed by atoms with Gasteiger partial charge in [0.15, 0.2) is 11.6 Å². The number of ether oxygens (including phenoxy) is 2. The Bertz CT molecular complexity index is 842. The fraction of sp³-hybridized carbons (Fsp3) is 0.571. The standard InChI is InChI=1S/C21H28N4O3/c1-5-17-22-21(25(23-17)13(2)3)20-19(14-6-10-16(27-4)11-7-14)24(15-8-9-15)18(26)12-28-20/h6-7,10-11,13,15,19-20H,5,8-9,12H2,1-4H3/t19-,20+/m1/s1. The lowest BCUT2D eigenvalue weighted by Crippen LogP contribution is -2.47. The summed E-state index contributed by atoms with van der Waals surface area (Å²) in [6, 6.07) is 8.13. The van der Waals surface area contributed by atoms with E-state index in [0.29, 0.717) is 0 Å². The molecule has 1 amide bonds. The van der Waals surface area contributed by atoms with E-state index in [1.54, 1.807) is 7.11 Å². The number of hydrogen-bond acceptors (Lipinski definition) is 5. The molecule has 150 valence electrons. The summed E-state index contributed by atoms with van der Waals surface area (Å²) in [5.41, 5.74) is 1.03. The number of methoxy groups -OCH3 is 1. The van der Waals surface area contributed by atoms with Crippen molar-refractivity contribution in [2.24, 2.45) is 0 Å². The van der Waals surface area contributed by atoms with Gasteiger partial charge in [0.05, 0.1) is 13.2 Å². The quantitative estimate of drug-likeness (QED) is 0.765. The first kappa shape index (κ1) is 18.9. The van der Waals surface area contributed by atoms with Gasteiger partial charge in [0, 0.05) is 18.5 Å². The van der Waals surface area contributed by atoms with Crippen LogP contribution in [0.4, 0.5) is 0 Å². The van der Waals surface area contributed by atoms with Gasteiger partial charge in [-0.05, 0) is 44.4 Å². The van der Waals surface area contributed by atoms with Crippen molar-refractivity contribution < 1.29 is 14.3 Å². The number of morpholine rings is 1. The smallest absolute Gasteiger partial charge is 0.249 e. The Labute approximate surface area is 165 Å². The monoisotopic (exact) mass is 384 g/mol. The van der Waals surface area contributed by atoms with Crippen LogP contribution in [0.15, 0.2) is 24.3 Å². The van der Waals surface area contributed by atoms with Gasteiger partial charge >= 0.3 is 0 Å². The highest BCUT2D eigenvalue weighted by molar-refractivity contribution is 5.79. The van der Waals surface area contributed by atoms with Crippen LogP contribution >= 0.6 is 0 Å². The van der Waals surface area contributed by atoms with Gasteiger partial charge in [0.25, 0.3) is 0 Å². The van der Waals surface area contributed by atoms with Gasteiger partial charge < -0.3 is 14.4 Å². The first-order valence-corrected chi connectivity index (χ1v) is 10.1. The number of hydrogen-bond donors (Lipinski definition) is 0. The molecule has 4 rings (SSSR count). The summed E-state index contributed by atoms with van der Waals surface area (Å²) < 4.78 is 13.4. The number of carbonyl (C=O) groups excluding carboxylic acids is 1. The van der Waals surface area contributed by atoms with Gasteiger partial charge in [0.2, 0.25) is 5.91 Å². The predicted octanol–water partition coefficient (Wildman–Crippen LogP) is 3.23. The first-order chi connectivity index (χ1) is 13.5. The van der Waals surface area contributed by atoms with Crippen molar-refractivity contribution in [3.05, 3.63) is 41.5 Å². The molecule has 0 spiro atoms. The summed E-state index contributed by atoms with van der Waals surface area (Å²) in [5, 5.41) is 4.67. The first-order valence-electron chi connectivity index (χ1n) is 10.1. The molecule has 7 heteroatoms. The minimum absolute atomic E-state index is 0.0471. The molecule has 0 unspecified atom stereocenters. The van der Waals surface area contributed by atoms with Crippen molar-refractivity contribution in [2.45, 2.75) is 64.3 Å². The molecule has 0 N–H and O–H groups in total. The van der Waals surface area contributed by atoms with Gasteiger partial charge in [-0.25, -0.2) is 9.67 Å². The van der Waals surface area contributed by atoms with E-state index in [0.717, 1.165) is 42.2 Å². The zero-order chi connectivity index (χ0) is 19.8. The van der Waals surface area contributed by atoms with Crippen LogP contribution in [0.3, 0.4) is 0 Å². The third-order valence-corrected chi connectivity index (χ3v) is 5.42. The van der Waals surface area contributed by atoms with Gasteiger partial charge in [-0.15, -0.1) is 0 Å². The maximum Gasteiger partial charge on any atom is 0.249 e. The van der Waals surface area contributed by atoms with E-state index in [4.69, 9.17) is 14.5 Å². The van der Waals surface area contributed by atoms with Crippen LogP contribution in [0.5, 0.6) is 5.75 Å². The molecule has 0 bridgehead atoms. The summed E-state index contributed by atoms with van der Waals surface area (Å²) in [7, 11) is 1.65. The molecule has 2 atom stereocenters. The highest BCUT2D eigenvalue weighted by atomic mass is 16.5. The van der Waals surface area contributed by atoms with Crippen molar-refractivity contribution >= 4 is 5.91 Å². The Kier molecular flexibility index (Phi) is 5.10.